The number of carbonyl (C=O) groups is 2. The smallest absolute Gasteiger partial charge is 0.269 e. The van der Waals surface area contributed by atoms with Crippen LogP contribution in [0.1, 0.15) is 20.7 Å². The van der Waals surface area contributed by atoms with Crippen LogP contribution in [-0.2, 0) is 10.0 Å². The van der Waals surface area contributed by atoms with Gasteiger partial charge < -0.3 is 9.47 Å². The molecule has 11 heteroatoms. The third-order valence-electron chi connectivity index (χ3n) is 4.41. The molecule has 0 fully saturated rings. The maximum absolute atomic E-state index is 12.7. The lowest BCUT2D eigenvalue weighted by molar-refractivity contribution is 0.0846. The number of hydrogen-bond donors (Lipinski definition) is 3. The van der Waals surface area contributed by atoms with Crippen molar-refractivity contribution in [3.05, 3.63) is 82.9 Å². The van der Waals surface area contributed by atoms with Gasteiger partial charge in [0.05, 0.1) is 19.1 Å². The summed E-state index contributed by atoms with van der Waals surface area (Å²) in [5, 5.41) is 0.464. The molecule has 3 aromatic carbocycles. The Morgan fingerprint density at radius 2 is 1.36 bits per heavy atom. The number of amides is 2. The molecule has 3 rings (SSSR count). The fourth-order valence-electron chi connectivity index (χ4n) is 2.73. The summed E-state index contributed by atoms with van der Waals surface area (Å²) < 4.78 is 38.0. The Hall–Kier alpha value is -3.76. The van der Waals surface area contributed by atoms with Gasteiger partial charge in [0.25, 0.3) is 21.8 Å². The van der Waals surface area contributed by atoms with Crippen molar-refractivity contribution in [2.24, 2.45) is 0 Å². The zero-order chi connectivity index (χ0) is 24.0. The molecule has 2 amide bonds. The number of halogens is 1. The highest BCUT2D eigenvalue weighted by atomic mass is 35.5. The van der Waals surface area contributed by atoms with Crippen LogP contribution in [0.3, 0.4) is 0 Å². The lowest BCUT2D eigenvalue weighted by atomic mass is 10.2. The number of rotatable bonds is 7. The normalized spacial score (nSPS) is 10.8. The minimum Gasteiger partial charge on any atom is -0.497 e. The van der Waals surface area contributed by atoms with Crippen molar-refractivity contribution >= 4 is 39.1 Å². The number of hydrazine groups is 1. The van der Waals surface area contributed by atoms with E-state index in [-0.39, 0.29) is 16.0 Å². The minimum atomic E-state index is -3.96. The van der Waals surface area contributed by atoms with Crippen LogP contribution in [0.2, 0.25) is 5.02 Å². The number of methoxy groups -OCH3 is 2. The third kappa shape index (κ3) is 6.15. The molecule has 3 aromatic rings. The van der Waals surface area contributed by atoms with Gasteiger partial charge in [-0.25, -0.2) is 8.42 Å². The summed E-state index contributed by atoms with van der Waals surface area (Å²) in [4.78, 5) is 24.8. The summed E-state index contributed by atoms with van der Waals surface area (Å²) in [6, 6.07) is 16.0. The van der Waals surface area contributed by atoms with E-state index in [1.54, 1.807) is 18.2 Å². The van der Waals surface area contributed by atoms with Crippen molar-refractivity contribution in [3.8, 4) is 11.5 Å². The van der Waals surface area contributed by atoms with Crippen LogP contribution in [0.15, 0.2) is 71.6 Å². The van der Waals surface area contributed by atoms with E-state index in [0.29, 0.717) is 22.2 Å². The first-order valence-corrected chi connectivity index (χ1v) is 11.3. The van der Waals surface area contributed by atoms with E-state index in [1.165, 1.54) is 62.8 Å². The number of benzene rings is 3. The highest BCUT2D eigenvalue weighted by molar-refractivity contribution is 7.92. The second kappa shape index (κ2) is 10.2. The summed E-state index contributed by atoms with van der Waals surface area (Å²) >= 11 is 5.81. The highest BCUT2D eigenvalue weighted by Crippen LogP contribution is 2.22. The van der Waals surface area contributed by atoms with E-state index in [4.69, 9.17) is 21.1 Å². The van der Waals surface area contributed by atoms with Gasteiger partial charge in [-0.1, -0.05) is 17.7 Å². The fraction of sp³-hybridized carbons (Fsp3) is 0.0909. The average molecular weight is 490 g/mol. The van der Waals surface area contributed by atoms with Crippen molar-refractivity contribution in [1.82, 2.24) is 10.9 Å². The number of sulfonamides is 1. The van der Waals surface area contributed by atoms with Crippen LogP contribution in [0.25, 0.3) is 0 Å². The second-order valence-corrected chi connectivity index (χ2v) is 8.77. The minimum absolute atomic E-state index is 0.0255. The molecule has 0 radical (unpaired) electrons. The van der Waals surface area contributed by atoms with Crippen molar-refractivity contribution in [2.45, 2.75) is 4.90 Å². The topological polar surface area (TPSA) is 123 Å². The molecule has 0 aromatic heterocycles. The fourth-order valence-corrected chi connectivity index (χ4v) is 3.96. The Balaban J connectivity index is 1.70. The maximum atomic E-state index is 12.7. The monoisotopic (exact) mass is 489 g/mol. The molecular weight excluding hydrogens is 470 g/mol. The van der Waals surface area contributed by atoms with Gasteiger partial charge in [-0.05, 0) is 54.6 Å². The van der Waals surface area contributed by atoms with E-state index < -0.39 is 21.8 Å². The number of carbonyl (C=O) groups excluding carboxylic acids is 2. The van der Waals surface area contributed by atoms with E-state index in [2.05, 4.69) is 15.6 Å². The summed E-state index contributed by atoms with van der Waals surface area (Å²) in [6.07, 6.45) is 0. The van der Waals surface area contributed by atoms with E-state index in [1.807, 2.05) is 0 Å². The van der Waals surface area contributed by atoms with E-state index in [9.17, 15) is 18.0 Å². The molecule has 0 bridgehead atoms. The lowest BCUT2D eigenvalue weighted by Crippen LogP contribution is -2.41. The Morgan fingerprint density at radius 3 is 1.94 bits per heavy atom. The summed E-state index contributed by atoms with van der Waals surface area (Å²) in [7, 11) is -1.07. The van der Waals surface area contributed by atoms with Crippen LogP contribution < -0.4 is 25.0 Å². The number of nitrogens with one attached hydrogen (secondary N) is 3. The van der Waals surface area contributed by atoms with Gasteiger partial charge in [0.15, 0.2) is 0 Å². The Labute approximate surface area is 195 Å². The van der Waals surface area contributed by atoms with Crippen LogP contribution >= 0.6 is 11.6 Å². The van der Waals surface area contributed by atoms with Gasteiger partial charge in [0.2, 0.25) is 0 Å². The molecule has 0 aliphatic rings. The summed E-state index contributed by atoms with van der Waals surface area (Å²) in [5.41, 5.74) is 5.06. The van der Waals surface area contributed by atoms with Crippen LogP contribution in [0.4, 0.5) is 5.69 Å². The summed E-state index contributed by atoms with van der Waals surface area (Å²) in [5.74, 6) is -0.524. The van der Waals surface area contributed by atoms with Crippen LogP contribution in [-0.4, -0.2) is 34.5 Å². The molecule has 0 aliphatic carbocycles. The van der Waals surface area contributed by atoms with Gasteiger partial charge in [-0.2, -0.15) is 0 Å². The van der Waals surface area contributed by atoms with Crippen molar-refractivity contribution < 1.29 is 27.5 Å². The summed E-state index contributed by atoms with van der Waals surface area (Å²) in [6.45, 7) is 0. The molecule has 0 saturated heterocycles. The second-order valence-electron chi connectivity index (χ2n) is 6.65. The average Bonchev–Trinajstić information content (AvgIpc) is 2.83. The largest absolute Gasteiger partial charge is 0.497 e. The Morgan fingerprint density at radius 1 is 0.788 bits per heavy atom. The van der Waals surface area contributed by atoms with Crippen LogP contribution in [0, 0.1) is 0 Å². The first-order valence-electron chi connectivity index (χ1n) is 9.44. The maximum Gasteiger partial charge on any atom is 0.269 e. The molecule has 3 N–H and O–H groups in total. The molecule has 9 nitrogen and oxygen atoms in total. The number of ether oxygens (including phenoxy) is 2. The van der Waals surface area contributed by atoms with Crippen molar-refractivity contribution in [2.75, 3.05) is 18.9 Å². The van der Waals surface area contributed by atoms with Gasteiger partial charge in [0, 0.05) is 27.9 Å². The predicted octanol–water partition coefficient (Wildman–Crippen LogP) is 3.23. The molecule has 0 heterocycles. The molecule has 0 unspecified atom stereocenters. The van der Waals surface area contributed by atoms with Crippen LogP contribution in [0.5, 0.6) is 11.5 Å². The molecule has 0 atom stereocenters. The Bertz CT molecular complexity index is 1260. The molecule has 0 spiro atoms. The third-order valence-corrected chi connectivity index (χ3v) is 6.04. The first kappa shape index (κ1) is 23.9. The van der Waals surface area contributed by atoms with Gasteiger partial charge >= 0.3 is 0 Å². The van der Waals surface area contributed by atoms with Gasteiger partial charge in [-0.3, -0.25) is 25.2 Å². The zero-order valence-corrected chi connectivity index (χ0v) is 19.2. The molecule has 172 valence electrons. The SMILES string of the molecule is COc1cc(OC)cc(C(=O)NNC(=O)c2cccc(S(=O)(=O)Nc3ccc(Cl)cc3)c2)c1. The highest BCUT2D eigenvalue weighted by Gasteiger charge is 2.17. The van der Waals surface area contributed by atoms with Crippen molar-refractivity contribution in [3.63, 3.8) is 0 Å². The molecule has 33 heavy (non-hydrogen) atoms. The van der Waals surface area contributed by atoms with Gasteiger partial charge in [-0.15, -0.1) is 0 Å². The molecular formula is C22H20ClN3O6S. The lowest BCUT2D eigenvalue weighted by Gasteiger charge is -2.11. The van der Waals surface area contributed by atoms with Crippen molar-refractivity contribution in [1.29, 1.82) is 0 Å². The number of hydrogen-bond acceptors (Lipinski definition) is 6. The Kier molecular flexibility index (Phi) is 7.41. The van der Waals surface area contributed by atoms with E-state index >= 15 is 0 Å². The molecule has 0 saturated carbocycles. The quantitative estimate of drug-likeness (QED) is 0.438. The van der Waals surface area contributed by atoms with Gasteiger partial charge in [0.1, 0.15) is 11.5 Å². The predicted molar refractivity (Wildman–Crippen MR) is 123 cm³/mol. The van der Waals surface area contributed by atoms with E-state index in [0.717, 1.165) is 0 Å². The number of anilines is 1. The standard InChI is InChI=1S/C22H20ClN3O6S/c1-31-18-10-15(11-19(13-18)32-2)22(28)25-24-21(27)14-4-3-5-20(12-14)33(29,30)26-17-8-6-16(23)7-9-17/h3-13,26H,1-2H3,(H,24,27)(H,25,28). The zero-order valence-electron chi connectivity index (χ0n) is 17.6. The molecule has 0 aliphatic heterocycles. The first-order chi connectivity index (χ1) is 15.7.